The Hall–Kier alpha value is 0.337. The molecule has 17 heavy (non-hydrogen) atoms. The van der Waals surface area contributed by atoms with Gasteiger partial charge in [0.15, 0.2) is 0 Å². The molecule has 0 rings (SSSR count). The number of hydrogen-bond acceptors (Lipinski definition) is 6. The Kier molecular flexibility index (Phi) is 10.8. The molecule has 0 radical (unpaired) electrons. The van der Waals surface area contributed by atoms with Gasteiger partial charge in [-0.2, -0.15) is 16.8 Å². The van der Waals surface area contributed by atoms with E-state index >= 15 is 0 Å². The summed E-state index contributed by atoms with van der Waals surface area (Å²) in [6.07, 6.45) is 1.99. The van der Waals surface area contributed by atoms with E-state index < -0.39 is 20.8 Å². The van der Waals surface area contributed by atoms with Gasteiger partial charge in [0, 0.05) is 0 Å². The molecule has 0 bridgehead atoms. The SMILES string of the molecule is O=S(=O)(O)OCCCCCCOS(=O)(=O)O.[LiH]. The van der Waals surface area contributed by atoms with Crippen molar-refractivity contribution in [1.82, 2.24) is 0 Å². The fraction of sp³-hybridized carbons (Fsp3) is 1.00. The summed E-state index contributed by atoms with van der Waals surface area (Å²) >= 11 is 0. The molecule has 0 fully saturated rings. The third-order valence-electron chi connectivity index (χ3n) is 1.50. The maximum atomic E-state index is 10.1. The Balaban J connectivity index is 0. The van der Waals surface area contributed by atoms with E-state index in [0.717, 1.165) is 0 Å². The summed E-state index contributed by atoms with van der Waals surface area (Å²) in [6.45, 7) is -0.254. The molecule has 0 heterocycles. The van der Waals surface area contributed by atoms with E-state index in [2.05, 4.69) is 8.37 Å². The average molecular weight is 286 g/mol. The van der Waals surface area contributed by atoms with Crippen molar-refractivity contribution in [2.45, 2.75) is 25.7 Å². The molecule has 0 spiro atoms. The van der Waals surface area contributed by atoms with Crippen molar-refractivity contribution in [2.75, 3.05) is 13.2 Å². The van der Waals surface area contributed by atoms with E-state index in [1.165, 1.54) is 0 Å². The van der Waals surface area contributed by atoms with Crippen molar-refractivity contribution in [3.05, 3.63) is 0 Å². The van der Waals surface area contributed by atoms with Crippen LogP contribution in [0.15, 0.2) is 0 Å². The molecule has 0 aromatic heterocycles. The third kappa shape index (κ3) is 18.9. The molecule has 0 amide bonds. The zero-order valence-electron chi connectivity index (χ0n) is 8.40. The van der Waals surface area contributed by atoms with Gasteiger partial charge in [0.2, 0.25) is 0 Å². The van der Waals surface area contributed by atoms with Crippen molar-refractivity contribution in [1.29, 1.82) is 0 Å². The van der Waals surface area contributed by atoms with E-state index in [-0.39, 0.29) is 32.1 Å². The quantitative estimate of drug-likeness (QED) is 0.331. The Morgan fingerprint density at radius 2 is 1.00 bits per heavy atom. The van der Waals surface area contributed by atoms with Crippen LogP contribution in [0, 0.1) is 0 Å². The van der Waals surface area contributed by atoms with Gasteiger partial charge in [-0.05, 0) is 12.8 Å². The first kappa shape index (κ1) is 19.7. The standard InChI is InChI=1S/C6H14O8S2.Li.H/c7-15(8,9)13-5-3-1-2-4-6-14-16(10,11)12;;/h1-6H2,(H,7,8,9)(H,10,11,12);;. The molecule has 0 aliphatic rings. The summed E-state index contributed by atoms with van der Waals surface area (Å²) in [7, 11) is -8.76. The number of unbranched alkanes of at least 4 members (excludes halogenated alkanes) is 3. The molecule has 0 saturated heterocycles. The third-order valence-corrected chi connectivity index (χ3v) is 2.43. The minimum atomic E-state index is -4.38. The van der Waals surface area contributed by atoms with Crippen LogP contribution in [-0.4, -0.2) is 58.0 Å². The van der Waals surface area contributed by atoms with Gasteiger partial charge in [-0.25, -0.2) is 8.37 Å². The van der Waals surface area contributed by atoms with Crippen LogP contribution in [0.1, 0.15) is 25.7 Å². The van der Waals surface area contributed by atoms with Crippen LogP contribution < -0.4 is 0 Å². The van der Waals surface area contributed by atoms with Crippen LogP contribution >= 0.6 is 0 Å². The predicted molar refractivity (Wildman–Crippen MR) is 60.6 cm³/mol. The van der Waals surface area contributed by atoms with Crippen molar-refractivity contribution in [2.24, 2.45) is 0 Å². The minimum absolute atomic E-state index is 0. The van der Waals surface area contributed by atoms with Gasteiger partial charge < -0.3 is 0 Å². The molecule has 100 valence electrons. The van der Waals surface area contributed by atoms with Crippen LogP contribution in [0.2, 0.25) is 0 Å². The van der Waals surface area contributed by atoms with Gasteiger partial charge in [0.1, 0.15) is 0 Å². The number of rotatable bonds is 9. The van der Waals surface area contributed by atoms with Gasteiger partial charge in [-0.3, -0.25) is 9.11 Å². The Bertz CT molecular complexity index is 337. The molecule has 0 atom stereocenters. The van der Waals surface area contributed by atoms with E-state index in [4.69, 9.17) is 9.11 Å². The van der Waals surface area contributed by atoms with E-state index in [1.54, 1.807) is 0 Å². The molecule has 0 aromatic rings. The molecule has 0 aliphatic carbocycles. The van der Waals surface area contributed by atoms with Gasteiger partial charge in [0.05, 0.1) is 13.2 Å². The second kappa shape index (κ2) is 9.29. The fourth-order valence-corrected chi connectivity index (χ4v) is 1.54. The average Bonchev–Trinajstić information content (AvgIpc) is 2.06. The summed E-state index contributed by atoms with van der Waals surface area (Å²) in [6, 6.07) is 0. The Morgan fingerprint density at radius 1 is 0.706 bits per heavy atom. The summed E-state index contributed by atoms with van der Waals surface area (Å²) in [5, 5.41) is 0. The normalized spacial score (nSPS) is 12.1. The summed E-state index contributed by atoms with van der Waals surface area (Å²) in [4.78, 5) is 0. The van der Waals surface area contributed by atoms with E-state index in [1.807, 2.05) is 0 Å². The van der Waals surface area contributed by atoms with Crippen LogP contribution in [0.5, 0.6) is 0 Å². The molecule has 0 unspecified atom stereocenters. The first-order valence-electron chi connectivity index (χ1n) is 4.44. The molecular formula is C6H15LiO8S2. The fourth-order valence-electron chi connectivity index (χ4n) is 0.886. The summed E-state index contributed by atoms with van der Waals surface area (Å²) in [5.41, 5.74) is 0. The summed E-state index contributed by atoms with van der Waals surface area (Å²) < 4.78 is 64.9. The molecule has 0 aliphatic heterocycles. The van der Waals surface area contributed by atoms with Crippen molar-refractivity contribution in [3.8, 4) is 0 Å². The van der Waals surface area contributed by atoms with Crippen LogP contribution in [0.4, 0.5) is 0 Å². The van der Waals surface area contributed by atoms with Crippen LogP contribution in [-0.2, 0) is 29.2 Å². The molecule has 0 saturated carbocycles. The molecule has 2 N–H and O–H groups in total. The van der Waals surface area contributed by atoms with Gasteiger partial charge in [-0.15, -0.1) is 0 Å². The Morgan fingerprint density at radius 3 is 1.24 bits per heavy atom. The second-order valence-corrected chi connectivity index (χ2v) is 5.10. The van der Waals surface area contributed by atoms with E-state index in [9.17, 15) is 16.8 Å². The Labute approximate surface area is 113 Å². The zero-order valence-corrected chi connectivity index (χ0v) is 10.0. The van der Waals surface area contributed by atoms with E-state index in [0.29, 0.717) is 25.7 Å². The monoisotopic (exact) mass is 286 g/mol. The number of hydrogen-bond donors (Lipinski definition) is 2. The topological polar surface area (TPSA) is 127 Å². The van der Waals surface area contributed by atoms with Gasteiger partial charge >= 0.3 is 39.7 Å². The first-order valence-corrected chi connectivity index (χ1v) is 7.17. The first-order chi connectivity index (χ1) is 7.21. The molecular weight excluding hydrogens is 271 g/mol. The van der Waals surface area contributed by atoms with Crippen molar-refractivity contribution < 1.29 is 34.3 Å². The van der Waals surface area contributed by atoms with Crippen LogP contribution in [0.25, 0.3) is 0 Å². The zero-order chi connectivity index (χ0) is 12.7. The van der Waals surface area contributed by atoms with Crippen molar-refractivity contribution in [3.63, 3.8) is 0 Å². The maximum absolute atomic E-state index is 10.1. The van der Waals surface area contributed by atoms with Crippen molar-refractivity contribution >= 4 is 39.7 Å². The molecule has 0 aromatic carbocycles. The molecule has 8 nitrogen and oxygen atoms in total. The van der Waals surface area contributed by atoms with Gasteiger partial charge in [-0.1, -0.05) is 12.8 Å². The van der Waals surface area contributed by atoms with Crippen LogP contribution in [0.3, 0.4) is 0 Å². The summed E-state index contributed by atoms with van der Waals surface area (Å²) in [5.74, 6) is 0. The van der Waals surface area contributed by atoms with Gasteiger partial charge in [0.25, 0.3) is 0 Å². The second-order valence-electron chi connectivity index (χ2n) is 2.91. The molecule has 11 heteroatoms. The predicted octanol–water partition coefficient (Wildman–Crippen LogP) is -0.463.